The van der Waals surface area contributed by atoms with Crippen molar-refractivity contribution in [3.63, 3.8) is 0 Å². The van der Waals surface area contributed by atoms with Crippen LogP contribution in [-0.4, -0.2) is 38.0 Å². The van der Waals surface area contributed by atoms with E-state index in [4.69, 9.17) is 0 Å². The van der Waals surface area contributed by atoms with Crippen molar-refractivity contribution in [3.8, 4) is 0 Å². The van der Waals surface area contributed by atoms with Crippen molar-refractivity contribution in [3.05, 3.63) is 12.0 Å². The first-order chi connectivity index (χ1) is 8.70. The largest absolute Gasteiger partial charge is 0.391 e. The van der Waals surface area contributed by atoms with E-state index in [1.807, 2.05) is 18.7 Å². The first-order valence-corrected chi connectivity index (χ1v) is 6.28. The van der Waals surface area contributed by atoms with Crippen LogP contribution in [0.4, 0.5) is 5.82 Å². The molecule has 1 aliphatic carbocycles. The molecule has 0 saturated heterocycles. The average molecular weight is 247 g/mol. The van der Waals surface area contributed by atoms with Crippen molar-refractivity contribution in [2.45, 2.75) is 38.3 Å². The van der Waals surface area contributed by atoms with Gasteiger partial charge >= 0.3 is 0 Å². The zero-order chi connectivity index (χ0) is 12.7. The zero-order valence-electron chi connectivity index (χ0n) is 10.6. The van der Waals surface area contributed by atoms with Gasteiger partial charge in [0.2, 0.25) is 0 Å². The lowest BCUT2D eigenvalue weighted by atomic mass is 10.2. The monoisotopic (exact) mass is 247 g/mol. The minimum absolute atomic E-state index is 0.0431. The third-order valence-electron chi connectivity index (χ3n) is 3.56. The fourth-order valence-corrected chi connectivity index (χ4v) is 2.67. The fourth-order valence-electron chi connectivity index (χ4n) is 2.67. The molecule has 0 aliphatic heterocycles. The summed E-state index contributed by atoms with van der Waals surface area (Å²) >= 11 is 0. The Balaban J connectivity index is 2.16. The number of aromatic nitrogens is 4. The SMILES string of the molecule is CNc1nc(C)nc2c1cnn2C1CCCC1O. The van der Waals surface area contributed by atoms with Gasteiger partial charge in [0.15, 0.2) is 5.65 Å². The third-order valence-corrected chi connectivity index (χ3v) is 3.56. The van der Waals surface area contributed by atoms with E-state index in [9.17, 15) is 5.11 Å². The molecule has 0 amide bonds. The smallest absolute Gasteiger partial charge is 0.163 e. The highest BCUT2D eigenvalue weighted by atomic mass is 16.3. The van der Waals surface area contributed by atoms with E-state index in [0.717, 1.165) is 36.1 Å². The summed E-state index contributed by atoms with van der Waals surface area (Å²) < 4.78 is 1.85. The first kappa shape index (κ1) is 11.4. The summed E-state index contributed by atoms with van der Waals surface area (Å²) in [7, 11) is 1.84. The Bertz CT molecular complexity index is 579. The summed E-state index contributed by atoms with van der Waals surface area (Å²) in [5, 5.41) is 18.4. The molecule has 1 fully saturated rings. The van der Waals surface area contributed by atoms with Crippen LogP contribution in [0, 0.1) is 6.92 Å². The highest BCUT2D eigenvalue weighted by molar-refractivity contribution is 5.86. The van der Waals surface area contributed by atoms with Crippen LogP contribution in [0.2, 0.25) is 0 Å². The summed E-state index contributed by atoms with van der Waals surface area (Å²) in [6, 6.07) is 0.0431. The topological polar surface area (TPSA) is 75.9 Å². The van der Waals surface area contributed by atoms with Gasteiger partial charge in [-0.2, -0.15) is 5.10 Å². The van der Waals surface area contributed by atoms with E-state index in [1.54, 1.807) is 6.20 Å². The Morgan fingerprint density at radius 1 is 1.39 bits per heavy atom. The number of nitrogens with one attached hydrogen (secondary N) is 1. The third kappa shape index (κ3) is 1.64. The number of rotatable bonds is 2. The number of nitrogens with zero attached hydrogens (tertiary/aromatic N) is 4. The summed E-state index contributed by atoms with van der Waals surface area (Å²) in [6.07, 6.45) is 4.29. The van der Waals surface area contributed by atoms with E-state index in [1.165, 1.54) is 0 Å². The lowest BCUT2D eigenvalue weighted by Crippen LogP contribution is -2.19. The minimum atomic E-state index is -0.318. The number of aryl methyl sites for hydroxylation is 1. The molecule has 96 valence electrons. The van der Waals surface area contributed by atoms with E-state index in [-0.39, 0.29) is 12.1 Å². The van der Waals surface area contributed by atoms with Crippen LogP contribution in [0.1, 0.15) is 31.1 Å². The molecule has 2 atom stereocenters. The van der Waals surface area contributed by atoms with Crippen LogP contribution in [0.15, 0.2) is 6.20 Å². The maximum Gasteiger partial charge on any atom is 0.163 e. The highest BCUT2D eigenvalue weighted by Crippen LogP contribution is 2.32. The Morgan fingerprint density at radius 3 is 2.89 bits per heavy atom. The van der Waals surface area contributed by atoms with E-state index in [0.29, 0.717) is 5.82 Å². The van der Waals surface area contributed by atoms with Gasteiger partial charge in [-0.15, -0.1) is 0 Å². The van der Waals surface area contributed by atoms with Crippen LogP contribution in [0.3, 0.4) is 0 Å². The molecule has 2 unspecified atom stereocenters. The van der Waals surface area contributed by atoms with Crippen LogP contribution in [0.25, 0.3) is 11.0 Å². The van der Waals surface area contributed by atoms with Gasteiger partial charge in [-0.3, -0.25) is 0 Å². The summed E-state index contributed by atoms with van der Waals surface area (Å²) in [5.41, 5.74) is 0.804. The number of aliphatic hydroxyl groups excluding tert-OH is 1. The Hall–Kier alpha value is -1.69. The Kier molecular flexibility index (Phi) is 2.66. The summed E-state index contributed by atoms with van der Waals surface area (Å²) in [5.74, 6) is 1.50. The normalized spacial score (nSPS) is 23.7. The van der Waals surface area contributed by atoms with Crippen molar-refractivity contribution in [2.24, 2.45) is 0 Å². The standard InChI is InChI=1S/C12H17N5O/c1-7-15-11(13-2)8-6-14-17(12(8)16-7)9-4-3-5-10(9)18/h6,9-10,18H,3-5H2,1-2H3,(H,13,15,16). The molecular formula is C12H17N5O. The second kappa shape index (κ2) is 4.20. The molecule has 0 bridgehead atoms. The maximum absolute atomic E-state index is 10.00. The van der Waals surface area contributed by atoms with Gasteiger partial charge < -0.3 is 10.4 Å². The molecule has 1 saturated carbocycles. The van der Waals surface area contributed by atoms with Crippen LogP contribution in [-0.2, 0) is 0 Å². The van der Waals surface area contributed by atoms with Gasteiger partial charge in [-0.1, -0.05) is 0 Å². The number of hydrogen-bond donors (Lipinski definition) is 2. The lowest BCUT2D eigenvalue weighted by molar-refractivity contribution is 0.132. The van der Waals surface area contributed by atoms with Gasteiger partial charge in [-0.05, 0) is 26.2 Å². The Morgan fingerprint density at radius 2 is 2.22 bits per heavy atom. The van der Waals surface area contributed by atoms with Crippen molar-refractivity contribution in [1.29, 1.82) is 0 Å². The van der Waals surface area contributed by atoms with Gasteiger partial charge in [0.25, 0.3) is 0 Å². The molecule has 0 aromatic carbocycles. The predicted octanol–water partition coefficient (Wildman–Crippen LogP) is 1.26. The minimum Gasteiger partial charge on any atom is -0.391 e. The summed E-state index contributed by atoms with van der Waals surface area (Å²) in [4.78, 5) is 8.80. The molecule has 0 radical (unpaired) electrons. The van der Waals surface area contributed by atoms with Crippen molar-refractivity contribution < 1.29 is 5.11 Å². The number of hydrogen-bond acceptors (Lipinski definition) is 5. The van der Waals surface area contributed by atoms with Crippen molar-refractivity contribution in [1.82, 2.24) is 19.7 Å². The van der Waals surface area contributed by atoms with Gasteiger partial charge in [0, 0.05) is 7.05 Å². The molecule has 6 heteroatoms. The van der Waals surface area contributed by atoms with E-state index in [2.05, 4.69) is 20.4 Å². The van der Waals surface area contributed by atoms with Crippen LogP contribution >= 0.6 is 0 Å². The van der Waals surface area contributed by atoms with Crippen LogP contribution < -0.4 is 5.32 Å². The molecule has 6 nitrogen and oxygen atoms in total. The average Bonchev–Trinajstić information content (AvgIpc) is 2.93. The molecule has 0 spiro atoms. The molecule has 2 N–H and O–H groups in total. The quantitative estimate of drug-likeness (QED) is 0.835. The van der Waals surface area contributed by atoms with Gasteiger partial charge in [0.1, 0.15) is 11.6 Å². The maximum atomic E-state index is 10.00. The molecule has 1 aliphatic rings. The molecule has 18 heavy (non-hydrogen) atoms. The van der Waals surface area contributed by atoms with Crippen molar-refractivity contribution in [2.75, 3.05) is 12.4 Å². The van der Waals surface area contributed by atoms with Crippen LogP contribution in [0.5, 0.6) is 0 Å². The van der Waals surface area contributed by atoms with Gasteiger partial charge in [0.05, 0.1) is 23.7 Å². The van der Waals surface area contributed by atoms with E-state index >= 15 is 0 Å². The molecule has 2 aromatic heterocycles. The zero-order valence-corrected chi connectivity index (χ0v) is 10.6. The molecular weight excluding hydrogens is 230 g/mol. The molecule has 3 rings (SSSR count). The molecule has 2 heterocycles. The highest BCUT2D eigenvalue weighted by Gasteiger charge is 2.29. The van der Waals surface area contributed by atoms with Gasteiger partial charge in [-0.25, -0.2) is 14.6 Å². The first-order valence-electron chi connectivity index (χ1n) is 6.28. The second-order valence-corrected chi connectivity index (χ2v) is 4.76. The lowest BCUT2D eigenvalue weighted by Gasteiger charge is -2.15. The predicted molar refractivity (Wildman–Crippen MR) is 68.5 cm³/mol. The Labute approximate surface area is 105 Å². The fraction of sp³-hybridized carbons (Fsp3) is 0.583. The number of aliphatic hydroxyl groups is 1. The number of fused-ring (bicyclic) bond motifs is 1. The molecule has 2 aromatic rings. The second-order valence-electron chi connectivity index (χ2n) is 4.76. The number of anilines is 1. The van der Waals surface area contributed by atoms with E-state index < -0.39 is 0 Å². The summed E-state index contributed by atoms with van der Waals surface area (Å²) in [6.45, 7) is 1.86. The van der Waals surface area contributed by atoms with Crippen molar-refractivity contribution >= 4 is 16.9 Å².